The number of ether oxygens (including phenoxy) is 1. The number of carbonyl (C=O) groups excluding carboxylic acids is 1. The Bertz CT molecular complexity index is 964. The van der Waals surface area contributed by atoms with Gasteiger partial charge in [0.25, 0.3) is 5.91 Å². The number of carbonyl (C=O) groups is 1. The lowest BCUT2D eigenvalue weighted by molar-refractivity contribution is 0.0973. The maximum Gasteiger partial charge on any atom is 0.261 e. The monoisotopic (exact) mass is 429 g/mol. The van der Waals surface area contributed by atoms with Crippen molar-refractivity contribution >= 4 is 49.9 Å². The average Bonchev–Trinajstić information content (AvgIpc) is 2.67. The van der Waals surface area contributed by atoms with Crippen LogP contribution in [-0.4, -0.2) is 23.1 Å². The van der Waals surface area contributed by atoms with Crippen molar-refractivity contribution in [2.45, 2.75) is 6.54 Å². The van der Waals surface area contributed by atoms with Gasteiger partial charge in [0.15, 0.2) is 5.11 Å². The Morgan fingerprint density at radius 1 is 1.27 bits per heavy atom. The number of amides is 1. The van der Waals surface area contributed by atoms with E-state index in [0.717, 1.165) is 20.8 Å². The normalized spacial score (nSPS) is 10.4. The van der Waals surface area contributed by atoms with Gasteiger partial charge >= 0.3 is 0 Å². The largest absolute Gasteiger partial charge is 0.495 e. The zero-order valence-electron chi connectivity index (χ0n) is 14.0. The molecule has 0 saturated heterocycles. The van der Waals surface area contributed by atoms with Gasteiger partial charge in [0.05, 0.1) is 17.1 Å². The summed E-state index contributed by atoms with van der Waals surface area (Å²) >= 11 is 8.75. The number of hydrogen-bond donors (Lipinski definition) is 2. The molecule has 1 amide bonds. The van der Waals surface area contributed by atoms with Crippen LogP contribution in [0.15, 0.2) is 59.3 Å². The Morgan fingerprint density at radius 3 is 2.81 bits per heavy atom. The highest BCUT2D eigenvalue weighted by atomic mass is 79.9. The minimum absolute atomic E-state index is 0.241. The van der Waals surface area contributed by atoms with Crippen LogP contribution in [0.2, 0.25) is 0 Å². The fourth-order valence-electron chi connectivity index (χ4n) is 2.55. The molecule has 0 unspecified atom stereocenters. The first-order valence-corrected chi connectivity index (χ1v) is 9.03. The summed E-state index contributed by atoms with van der Waals surface area (Å²) in [5.74, 6) is 0.133. The van der Waals surface area contributed by atoms with Gasteiger partial charge in [0.1, 0.15) is 5.75 Å². The lowest BCUT2D eigenvalue weighted by Gasteiger charge is -2.14. The Morgan fingerprint density at radius 2 is 2.08 bits per heavy atom. The van der Waals surface area contributed by atoms with Gasteiger partial charge in [-0.3, -0.25) is 15.1 Å². The quantitative estimate of drug-likeness (QED) is 0.617. The molecule has 7 heteroatoms. The van der Waals surface area contributed by atoms with E-state index in [1.165, 1.54) is 7.11 Å². The van der Waals surface area contributed by atoms with Gasteiger partial charge in [0, 0.05) is 18.9 Å². The van der Waals surface area contributed by atoms with Crippen molar-refractivity contribution < 1.29 is 9.53 Å². The Balaban J connectivity index is 1.77. The van der Waals surface area contributed by atoms with E-state index in [-0.39, 0.29) is 11.0 Å². The number of nitrogens with one attached hydrogen (secondary N) is 2. The molecule has 0 aliphatic heterocycles. The second kappa shape index (κ2) is 8.25. The summed E-state index contributed by atoms with van der Waals surface area (Å²) in [5, 5.41) is 7.83. The maximum atomic E-state index is 12.7. The minimum Gasteiger partial charge on any atom is -0.495 e. The summed E-state index contributed by atoms with van der Waals surface area (Å²) in [6.45, 7) is 0.478. The molecule has 0 atom stereocenters. The van der Waals surface area contributed by atoms with Crippen molar-refractivity contribution in [1.29, 1.82) is 0 Å². The molecular weight excluding hydrogens is 414 g/mol. The number of hydrogen-bond acceptors (Lipinski definition) is 4. The van der Waals surface area contributed by atoms with E-state index in [1.807, 2.05) is 36.4 Å². The van der Waals surface area contributed by atoms with Crippen LogP contribution in [0, 0.1) is 0 Å². The number of fused-ring (bicyclic) bond motifs is 1. The van der Waals surface area contributed by atoms with Crippen molar-refractivity contribution in [3.8, 4) is 5.75 Å². The Kier molecular flexibility index (Phi) is 5.80. The van der Waals surface area contributed by atoms with Gasteiger partial charge in [-0.2, -0.15) is 0 Å². The molecule has 132 valence electrons. The summed E-state index contributed by atoms with van der Waals surface area (Å²) in [6, 6.07) is 13.3. The number of pyridine rings is 1. The number of methoxy groups -OCH3 is 1. The molecule has 0 radical (unpaired) electrons. The van der Waals surface area contributed by atoms with Crippen molar-refractivity contribution in [3.05, 3.63) is 70.5 Å². The van der Waals surface area contributed by atoms with Crippen LogP contribution < -0.4 is 15.4 Å². The van der Waals surface area contributed by atoms with E-state index in [2.05, 4.69) is 31.5 Å². The molecule has 1 heterocycles. The first kappa shape index (κ1) is 18.3. The van der Waals surface area contributed by atoms with E-state index >= 15 is 0 Å². The predicted molar refractivity (Wildman–Crippen MR) is 109 cm³/mol. The molecule has 0 aliphatic rings. The van der Waals surface area contributed by atoms with Gasteiger partial charge in [-0.05, 0) is 56.6 Å². The lowest BCUT2D eigenvalue weighted by Crippen LogP contribution is -2.39. The molecule has 0 fully saturated rings. The number of aromatic nitrogens is 1. The molecule has 2 aromatic carbocycles. The third-order valence-electron chi connectivity index (χ3n) is 3.79. The van der Waals surface area contributed by atoms with Crippen molar-refractivity contribution in [1.82, 2.24) is 15.6 Å². The second-order valence-corrected chi connectivity index (χ2v) is 6.69. The van der Waals surface area contributed by atoms with Crippen LogP contribution in [0.1, 0.15) is 15.9 Å². The third-order valence-corrected chi connectivity index (χ3v) is 4.83. The van der Waals surface area contributed by atoms with Gasteiger partial charge in [-0.1, -0.05) is 30.3 Å². The van der Waals surface area contributed by atoms with Crippen LogP contribution in [0.25, 0.3) is 10.8 Å². The van der Waals surface area contributed by atoms with E-state index in [1.54, 1.807) is 18.5 Å². The number of nitrogens with zero attached hydrogens (tertiary/aromatic N) is 1. The molecule has 3 aromatic rings. The standard InChI is InChI=1S/C19H16BrN3O2S/c1-25-17-15(9-13-6-2-3-7-14(13)16(17)20)18(24)23-19(26)22-11-12-5-4-8-21-10-12/h2-10H,11H2,1H3,(H2,22,23,24,26). The third kappa shape index (κ3) is 4.00. The number of rotatable bonds is 4. The molecule has 3 rings (SSSR count). The molecular formula is C19H16BrN3O2S. The lowest BCUT2D eigenvalue weighted by atomic mass is 10.1. The average molecular weight is 430 g/mol. The van der Waals surface area contributed by atoms with Crippen LogP contribution in [0.3, 0.4) is 0 Å². The summed E-state index contributed by atoms with van der Waals surface area (Å²) in [6.07, 6.45) is 3.44. The molecule has 5 nitrogen and oxygen atoms in total. The Hall–Kier alpha value is -2.51. The maximum absolute atomic E-state index is 12.7. The molecule has 0 saturated carbocycles. The second-order valence-electron chi connectivity index (χ2n) is 5.49. The molecule has 1 aromatic heterocycles. The summed E-state index contributed by atoms with van der Waals surface area (Å²) < 4.78 is 6.17. The van der Waals surface area contributed by atoms with E-state index < -0.39 is 0 Å². The van der Waals surface area contributed by atoms with E-state index in [0.29, 0.717) is 17.9 Å². The number of benzene rings is 2. The van der Waals surface area contributed by atoms with Gasteiger partial charge < -0.3 is 10.1 Å². The van der Waals surface area contributed by atoms with Crippen molar-refractivity contribution in [2.75, 3.05) is 7.11 Å². The highest BCUT2D eigenvalue weighted by Gasteiger charge is 2.18. The SMILES string of the molecule is COc1c(C(=O)NC(=S)NCc2cccnc2)cc2ccccc2c1Br. The summed E-state index contributed by atoms with van der Waals surface area (Å²) in [7, 11) is 1.53. The van der Waals surface area contributed by atoms with Crippen molar-refractivity contribution in [2.24, 2.45) is 0 Å². The molecule has 0 bridgehead atoms. The van der Waals surface area contributed by atoms with Crippen LogP contribution >= 0.6 is 28.1 Å². The number of thiocarbonyl (C=S) groups is 1. The van der Waals surface area contributed by atoms with Crippen LogP contribution in [0.4, 0.5) is 0 Å². The molecule has 26 heavy (non-hydrogen) atoms. The zero-order valence-corrected chi connectivity index (χ0v) is 16.4. The topological polar surface area (TPSA) is 63.2 Å². The van der Waals surface area contributed by atoms with E-state index in [4.69, 9.17) is 17.0 Å². The summed E-state index contributed by atoms with van der Waals surface area (Å²) in [5.41, 5.74) is 1.37. The molecule has 2 N–H and O–H groups in total. The van der Waals surface area contributed by atoms with Crippen LogP contribution in [0.5, 0.6) is 5.75 Å². The first-order chi connectivity index (χ1) is 12.6. The predicted octanol–water partition coefficient (Wildman–Crippen LogP) is 3.81. The highest BCUT2D eigenvalue weighted by Crippen LogP contribution is 2.36. The van der Waals surface area contributed by atoms with Crippen LogP contribution in [-0.2, 0) is 6.54 Å². The summed E-state index contributed by atoms with van der Waals surface area (Å²) in [4.78, 5) is 16.7. The smallest absolute Gasteiger partial charge is 0.261 e. The zero-order chi connectivity index (χ0) is 18.5. The van der Waals surface area contributed by atoms with Gasteiger partial charge in [0.2, 0.25) is 0 Å². The molecule has 0 spiro atoms. The number of halogens is 1. The van der Waals surface area contributed by atoms with Gasteiger partial charge in [-0.25, -0.2) is 0 Å². The fraction of sp³-hybridized carbons (Fsp3) is 0.105. The fourth-order valence-corrected chi connectivity index (χ4v) is 3.45. The molecule has 0 aliphatic carbocycles. The van der Waals surface area contributed by atoms with Crippen molar-refractivity contribution in [3.63, 3.8) is 0 Å². The van der Waals surface area contributed by atoms with E-state index in [9.17, 15) is 4.79 Å². The minimum atomic E-state index is -0.336. The highest BCUT2D eigenvalue weighted by molar-refractivity contribution is 9.10. The first-order valence-electron chi connectivity index (χ1n) is 7.83. The van der Waals surface area contributed by atoms with Gasteiger partial charge in [-0.15, -0.1) is 0 Å². The Labute approximate surface area is 164 Å².